The number of carbonyl (C=O) groups is 1. The lowest BCUT2D eigenvalue weighted by Crippen LogP contribution is -2.40. The van der Waals surface area contributed by atoms with Crippen molar-refractivity contribution >= 4 is 37.8 Å². The zero-order valence-electron chi connectivity index (χ0n) is 10.6. The van der Waals surface area contributed by atoms with Gasteiger partial charge in [-0.1, -0.05) is 15.9 Å². The molecule has 1 saturated heterocycles. The highest BCUT2D eigenvalue weighted by molar-refractivity contribution is 9.11. The Hall–Kier alpha value is -0.390. The van der Waals surface area contributed by atoms with E-state index >= 15 is 0 Å². The Balaban J connectivity index is 2.12. The minimum Gasteiger partial charge on any atom is -0.396 e. The van der Waals surface area contributed by atoms with Crippen LogP contribution >= 0.6 is 31.9 Å². The second-order valence-corrected chi connectivity index (χ2v) is 6.67. The zero-order valence-corrected chi connectivity index (χ0v) is 13.8. The summed E-state index contributed by atoms with van der Waals surface area (Å²) in [6, 6.07) is 5.64. The molecule has 0 aromatic heterocycles. The van der Waals surface area contributed by atoms with Crippen LogP contribution in [0.15, 0.2) is 27.1 Å². The minimum atomic E-state index is 0.0656. The van der Waals surface area contributed by atoms with Crippen molar-refractivity contribution in [1.29, 1.82) is 0 Å². The van der Waals surface area contributed by atoms with E-state index in [1.165, 1.54) is 0 Å². The maximum absolute atomic E-state index is 12.5. The molecule has 5 heteroatoms. The molecule has 1 atom stereocenters. The number of hydrogen-bond donors (Lipinski definition) is 1. The number of hydrogen-bond acceptors (Lipinski definition) is 2. The Kier molecular flexibility index (Phi) is 5.42. The number of halogens is 2. The molecule has 0 bridgehead atoms. The maximum Gasteiger partial charge on any atom is 0.255 e. The fraction of sp³-hybridized carbons (Fsp3) is 0.500. The highest BCUT2D eigenvalue weighted by Crippen LogP contribution is 2.26. The molecule has 1 aliphatic heterocycles. The van der Waals surface area contributed by atoms with Gasteiger partial charge in [-0.3, -0.25) is 4.79 Å². The van der Waals surface area contributed by atoms with Crippen LogP contribution in [0.1, 0.15) is 29.6 Å². The largest absolute Gasteiger partial charge is 0.396 e. The van der Waals surface area contributed by atoms with E-state index in [0.29, 0.717) is 11.5 Å². The predicted octanol–water partition coefficient (Wildman–Crippen LogP) is 3.45. The van der Waals surface area contributed by atoms with Crippen molar-refractivity contribution in [3.63, 3.8) is 0 Å². The van der Waals surface area contributed by atoms with Gasteiger partial charge in [-0.15, -0.1) is 0 Å². The van der Waals surface area contributed by atoms with Crippen LogP contribution in [0.25, 0.3) is 0 Å². The van der Waals surface area contributed by atoms with Gasteiger partial charge >= 0.3 is 0 Å². The van der Waals surface area contributed by atoms with E-state index in [2.05, 4.69) is 31.9 Å². The standard InChI is InChI=1S/C14H17Br2NO2/c15-11-3-4-13(16)12(8-11)14(19)17-6-1-2-10(9-17)5-7-18/h3-4,8,10,18H,1-2,5-7,9H2. The van der Waals surface area contributed by atoms with Crippen molar-refractivity contribution in [3.8, 4) is 0 Å². The van der Waals surface area contributed by atoms with E-state index in [0.717, 1.165) is 41.3 Å². The van der Waals surface area contributed by atoms with Crippen LogP contribution in [-0.4, -0.2) is 35.6 Å². The molecule has 0 spiro atoms. The van der Waals surface area contributed by atoms with Crippen molar-refractivity contribution in [1.82, 2.24) is 4.90 Å². The van der Waals surface area contributed by atoms with Gasteiger partial charge in [0.25, 0.3) is 5.91 Å². The van der Waals surface area contributed by atoms with Crippen molar-refractivity contribution in [2.45, 2.75) is 19.3 Å². The van der Waals surface area contributed by atoms with Gasteiger partial charge in [0.15, 0.2) is 0 Å². The summed E-state index contributed by atoms with van der Waals surface area (Å²) >= 11 is 6.84. The summed E-state index contributed by atoms with van der Waals surface area (Å²) in [6.45, 7) is 1.76. The number of rotatable bonds is 3. The fourth-order valence-electron chi connectivity index (χ4n) is 2.50. The first kappa shape index (κ1) is 15.0. The van der Waals surface area contributed by atoms with E-state index < -0.39 is 0 Å². The summed E-state index contributed by atoms with van der Waals surface area (Å²) in [5.74, 6) is 0.490. The summed E-state index contributed by atoms with van der Waals surface area (Å²) in [5, 5.41) is 9.02. The molecule has 104 valence electrons. The molecule has 2 rings (SSSR count). The molecule has 1 heterocycles. The quantitative estimate of drug-likeness (QED) is 0.858. The maximum atomic E-state index is 12.5. The summed E-state index contributed by atoms with van der Waals surface area (Å²) in [7, 11) is 0. The Labute approximate surface area is 130 Å². The topological polar surface area (TPSA) is 40.5 Å². The molecular formula is C14H17Br2NO2. The molecule has 0 radical (unpaired) electrons. The van der Waals surface area contributed by atoms with Gasteiger partial charge in [0.2, 0.25) is 0 Å². The summed E-state index contributed by atoms with van der Waals surface area (Å²) in [5.41, 5.74) is 0.694. The average molecular weight is 391 g/mol. The number of benzene rings is 1. The molecule has 1 amide bonds. The Bertz CT molecular complexity index is 463. The zero-order chi connectivity index (χ0) is 13.8. The second kappa shape index (κ2) is 6.86. The van der Waals surface area contributed by atoms with E-state index in [9.17, 15) is 4.79 Å². The monoisotopic (exact) mass is 389 g/mol. The van der Waals surface area contributed by atoms with Crippen LogP contribution in [0.2, 0.25) is 0 Å². The van der Waals surface area contributed by atoms with E-state index in [1.807, 2.05) is 23.1 Å². The lowest BCUT2D eigenvalue weighted by molar-refractivity contribution is 0.0652. The third-order valence-electron chi connectivity index (χ3n) is 3.50. The number of likely N-dealkylation sites (tertiary alicyclic amines) is 1. The van der Waals surface area contributed by atoms with Crippen LogP contribution in [0.5, 0.6) is 0 Å². The SMILES string of the molecule is O=C(c1cc(Br)ccc1Br)N1CCCC(CCO)C1. The normalized spacial score (nSPS) is 19.5. The third-order valence-corrected chi connectivity index (χ3v) is 4.69. The number of amides is 1. The van der Waals surface area contributed by atoms with Gasteiger partial charge in [0.05, 0.1) is 5.56 Å². The van der Waals surface area contributed by atoms with Crippen LogP contribution in [-0.2, 0) is 0 Å². The molecular weight excluding hydrogens is 374 g/mol. The van der Waals surface area contributed by atoms with Crippen LogP contribution in [0.3, 0.4) is 0 Å². The van der Waals surface area contributed by atoms with Crippen molar-refractivity contribution in [3.05, 3.63) is 32.7 Å². The lowest BCUT2D eigenvalue weighted by Gasteiger charge is -2.32. The van der Waals surface area contributed by atoms with Gasteiger partial charge in [-0.25, -0.2) is 0 Å². The van der Waals surface area contributed by atoms with Gasteiger partial charge in [-0.2, -0.15) is 0 Å². The smallest absolute Gasteiger partial charge is 0.255 e. The summed E-state index contributed by atoms with van der Waals surface area (Å²) in [4.78, 5) is 14.4. The highest BCUT2D eigenvalue weighted by Gasteiger charge is 2.25. The first-order valence-electron chi connectivity index (χ1n) is 6.47. The minimum absolute atomic E-state index is 0.0656. The molecule has 1 aromatic carbocycles. The molecule has 1 unspecified atom stereocenters. The number of nitrogens with zero attached hydrogens (tertiary/aromatic N) is 1. The van der Waals surface area contributed by atoms with Crippen molar-refractivity contribution in [2.75, 3.05) is 19.7 Å². The van der Waals surface area contributed by atoms with Crippen molar-refractivity contribution in [2.24, 2.45) is 5.92 Å². The number of aliphatic hydroxyl groups is 1. The fourth-order valence-corrected chi connectivity index (χ4v) is 3.28. The third kappa shape index (κ3) is 3.80. The molecule has 1 N–H and O–H groups in total. The molecule has 1 aliphatic rings. The van der Waals surface area contributed by atoms with Gasteiger partial charge in [0, 0.05) is 28.6 Å². The Morgan fingerprint density at radius 3 is 2.95 bits per heavy atom. The molecule has 1 fully saturated rings. The molecule has 19 heavy (non-hydrogen) atoms. The molecule has 0 aliphatic carbocycles. The van der Waals surface area contributed by atoms with Gasteiger partial charge < -0.3 is 10.0 Å². The summed E-state index contributed by atoms with van der Waals surface area (Å²) < 4.78 is 1.73. The Morgan fingerprint density at radius 1 is 1.42 bits per heavy atom. The number of piperidine rings is 1. The van der Waals surface area contributed by atoms with E-state index in [-0.39, 0.29) is 12.5 Å². The van der Waals surface area contributed by atoms with E-state index in [1.54, 1.807) is 0 Å². The first-order chi connectivity index (χ1) is 9.11. The number of carbonyl (C=O) groups excluding carboxylic acids is 1. The molecule has 3 nitrogen and oxygen atoms in total. The molecule has 1 aromatic rings. The lowest BCUT2D eigenvalue weighted by atomic mass is 9.94. The Morgan fingerprint density at radius 2 is 2.21 bits per heavy atom. The van der Waals surface area contributed by atoms with Crippen molar-refractivity contribution < 1.29 is 9.90 Å². The highest BCUT2D eigenvalue weighted by atomic mass is 79.9. The van der Waals surface area contributed by atoms with Crippen LogP contribution in [0, 0.1) is 5.92 Å². The molecule has 0 saturated carbocycles. The van der Waals surface area contributed by atoms with Crippen LogP contribution < -0.4 is 0 Å². The van der Waals surface area contributed by atoms with E-state index in [4.69, 9.17) is 5.11 Å². The average Bonchev–Trinajstić information content (AvgIpc) is 2.41. The van der Waals surface area contributed by atoms with Gasteiger partial charge in [-0.05, 0) is 59.3 Å². The predicted molar refractivity (Wildman–Crippen MR) is 82.2 cm³/mol. The van der Waals surface area contributed by atoms with Crippen LogP contribution in [0.4, 0.5) is 0 Å². The number of aliphatic hydroxyl groups excluding tert-OH is 1. The second-order valence-electron chi connectivity index (χ2n) is 4.90. The first-order valence-corrected chi connectivity index (χ1v) is 8.05. The summed E-state index contributed by atoms with van der Waals surface area (Å²) in [6.07, 6.45) is 2.90. The van der Waals surface area contributed by atoms with Gasteiger partial charge in [0.1, 0.15) is 0 Å².